The van der Waals surface area contributed by atoms with Gasteiger partial charge in [-0.15, -0.1) is 0 Å². The second-order valence-corrected chi connectivity index (χ2v) is 26.0. The van der Waals surface area contributed by atoms with Crippen LogP contribution in [0.3, 0.4) is 0 Å². The summed E-state index contributed by atoms with van der Waals surface area (Å²) in [7, 11) is 2.11. The predicted octanol–water partition coefficient (Wildman–Crippen LogP) is 18.4. The average molecular weight is 1290 g/mol. The number of nitrogens with zero attached hydrogens (tertiary/aromatic N) is 16. The van der Waals surface area contributed by atoms with Crippen LogP contribution in [0.4, 0.5) is 0 Å². The van der Waals surface area contributed by atoms with E-state index >= 15 is 0 Å². The Bertz CT molecular complexity index is 5730. The normalized spacial score (nSPS) is 11.6. The fourth-order valence-electron chi connectivity index (χ4n) is 13.7. The van der Waals surface area contributed by atoms with E-state index in [9.17, 15) is 0 Å². The lowest BCUT2D eigenvalue weighted by molar-refractivity contribution is 0.919. The van der Waals surface area contributed by atoms with E-state index in [1.165, 1.54) is 134 Å². The van der Waals surface area contributed by atoms with Crippen LogP contribution in [0.5, 0.6) is 0 Å². The van der Waals surface area contributed by atoms with Crippen LogP contribution < -0.4 is 0 Å². The van der Waals surface area contributed by atoms with Gasteiger partial charge in [0.05, 0.1) is 55.5 Å². The van der Waals surface area contributed by atoms with Crippen molar-refractivity contribution in [1.82, 2.24) is 71.7 Å². The highest BCUT2D eigenvalue weighted by atomic mass is 15.2. The van der Waals surface area contributed by atoms with Gasteiger partial charge in [-0.3, -0.25) is 17.6 Å². The average Bonchev–Trinajstić information content (AvgIpc) is 1.67. The van der Waals surface area contributed by atoms with Gasteiger partial charge >= 0.3 is 0 Å². The third-order valence-corrected chi connectivity index (χ3v) is 20.0. The third kappa shape index (κ3) is 10.6. The lowest BCUT2D eigenvalue weighted by Gasteiger charge is -1.95. The molecule has 0 saturated carbocycles. The number of aryl methyl sites for hydroxylation is 14. The number of aromatic nitrogens is 16. The summed E-state index contributed by atoms with van der Waals surface area (Å²) >= 11 is 0. The number of imidazole rings is 8. The molecule has 0 spiro atoms. The molecule has 0 radical (unpaired) electrons. The van der Waals surface area contributed by atoms with Crippen LogP contribution in [-0.4, -0.2) is 71.7 Å². The highest BCUT2D eigenvalue weighted by Crippen LogP contribution is 2.26. The summed E-state index contributed by atoms with van der Waals surface area (Å²) in [6.45, 7) is 27.6. The minimum absolute atomic E-state index is 0.996. The maximum Gasteiger partial charge on any atom is 0.219 e. The van der Waals surface area contributed by atoms with E-state index in [0.29, 0.717) is 0 Å². The summed E-state index contributed by atoms with van der Waals surface area (Å²) in [6, 6.07) is 52.5. The van der Waals surface area contributed by atoms with Crippen LogP contribution in [-0.2, 0) is 7.05 Å². The standard InChI is InChI=1S/5C12H12N2.2C11H11N3/c1-9-7-12-11(13(9)2)8-10-5-3-4-6-14(10)12;2*1-9-7-13-8-11-5-3-4-6-14(11)12(13)10(9)2;2*1-9-7-12-13-6-4-3-5-11(13)8-14(12)10(9)2;2*1-8-9(2)14-7-10-5-3-4-6-13(10)11(14)12-8/h5*3-8H,1-2H3;2*3-7H,1-2H3. The lowest BCUT2D eigenvalue weighted by Crippen LogP contribution is -1.87. The zero-order chi connectivity index (χ0) is 67.9. The summed E-state index contributed by atoms with van der Waals surface area (Å²) in [6.07, 6.45) is 31.9. The quantitative estimate of drug-likeness (QED) is 0.151. The van der Waals surface area contributed by atoms with Gasteiger partial charge in [-0.05, 0) is 233 Å². The molecule has 0 fully saturated rings. The summed E-state index contributed by atoms with van der Waals surface area (Å²) < 4.78 is 30.6. The van der Waals surface area contributed by atoms with Crippen LogP contribution in [0.15, 0.2) is 245 Å². The van der Waals surface area contributed by atoms with E-state index in [2.05, 4.69) is 363 Å². The van der Waals surface area contributed by atoms with Crippen molar-refractivity contribution in [1.29, 1.82) is 0 Å². The predicted molar refractivity (Wildman–Crippen MR) is 401 cm³/mol. The van der Waals surface area contributed by atoms with Gasteiger partial charge in [-0.25, -0.2) is 9.97 Å². The Balaban J connectivity index is 0.0000000933. The summed E-state index contributed by atoms with van der Waals surface area (Å²) in [4.78, 5) is 9.05. The van der Waals surface area contributed by atoms with Gasteiger partial charge in [0.1, 0.15) is 22.6 Å². The first-order chi connectivity index (χ1) is 47.4. The Hall–Kier alpha value is -12.0. The zero-order valence-corrected chi connectivity index (χ0v) is 58.2. The first kappa shape index (κ1) is 62.1. The number of rotatable bonds is 0. The van der Waals surface area contributed by atoms with Gasteiger partial charge in [-0.1, -0.05) is 42.5 Å². The molecule has 0 atom stereocenters. The molecular weight excluding hydrogens is 1210 g/mol. The molecule has 0 aromatic carbocycles. The van der Waals surface area contributed by atoms with E-state index in [0.717, 1.165) is 22.9 Å². The smallest absolute Gasteiger partial charge is 0.219 e. The van der Waals surface area contributed by atoms with Crippen molar-refractivity contribution < 1.29 is 0 Å². The molecule has 0 aliphatic carbocycles. The maximum absolute atomic E-state index is 4.53. The van der Waals surface area contributed by atoms with Gasteiger partial charge in [0.2, 0.25) is 11.6 Å². The fourth-order valence-corrected chi connectivity index (χ4v) is 13.7. The minimum Gasteiger partial charge on any atom is -0.347 e. The van der Waals surface area contributed by atoms with Gasteiger partial charge in [0.25, 0.3) is 0 Å². The van der Waals surface area contributed by atoms with Crippen molar-refractivity contribution in [3.63, 3.8) is 0 Å². The lowest BCUT2D eigenvalue weighted by atomic mass is 10.2. The largest absolute Gasteiger partial charge is 0.347 e. The van der Waals surface area contributed by atoms with Gasteiger partial charge < -0.3 is 44.2 Å². The minimum atomic E-state index is 0.996. The molecule has 490 valence electrons. The second-order valence-electron chi connectivity index (χ2n) is 26.0. The Kier molecular flexibility index (Phi) is 15.6. The molecule has 0 saturated heterocycles. The highest BCUT2D eigenvalue weighted by Gasteiger charge is 2.14. The fraction of sp³-hybridized carbons (Fsp3) is 0.171. The molecule has 16 heteroatoms. The first-order valence-electron chi connectivity index (χ1n) is 33.4. The van der Waals surface area contributed by atoms with Crippen molar-refractivity contribution >= 4 is 83.8 Å². The SMILES string of the molecule is Cc1cc2c(cc3ccccn32)n1C.Cc1cc2n(cc3ccccn32)c1C.Cc1cc2n(cc3ccccn32)c1C.Cc1cn2cc3ccccn3c2c1C.Cc1cn2cc3ccccn3c2c1C.Cc1nc2n(cc3ccccn32)c1C.Cc1nc2n(cc3ccccn32)c1C. The highest BCUT2D eigenvalue weighted by molar-refractivity contribution is 5.86. The van der Waals surface area contributed by atoms with E-state index in [4.69, 9.17) is 0 Å². The van der Waals surface area contributed by atoms with Crippen LogP contribution in [0.2, 0.25) is 0 Å². The Morgan fingerprint density at radius 2 is 0.602 bits per heavy atom. The number of hydrogen-bond donors (Lipinski definition) is 0. The molecule has 0 amide bonds. The van der Waals surface area contributed by atoms with Crippen LogP contribution in [0.1, 0.15) is 73.2 Å². The van der Waals surface area contributed by atoms with Crippen molar-refractivity contribution in [2.24, 2.45) is 7.05 Å². The van der Waals surface area contributed by atoms with Crippen LogP contribution in [0, 0.1) is 90.0 Å². The number of hydrogen-bond acceptors (Lipinski definition) is 2. The topological polar surface area (TPSA) is 88.0 Å². The molecule has 16 nitrogen and oxygen atoms in total. The van der Waals surface area contributed by atoms with E-state index in [-0.39, 0.29) is 0 Å². The van der Waals surface area contributed by atoms with Gasteiger partial charge in [0, 0.05) is 134 Å². The Morgan fingerprint density at radius 1 is 0.265 bits per heavy atom. The van der Waals surface area contributed by atoms with Gasteiger partial charge in [0.15, 0.2) is 0 Å². The molecule has 21 rings (SSSR count). The monoisotopic (exact) mass is 1290 g/mol. The second kappa shape index (κ2) is 24.6. The number of fused-ring (bicyclic) bond motifs is 21. The summed E-state index contributed by atoms with van der Waals surface area (Å²) in [5.41, 5.74) is 32.9. The molecule has 0 unspecified atom stereocenters. The first-order valence-corrected chi connectivity index (χ1v) is 33.4. The molecular formula is C82H82N16. The van der Waals surface area contributed by atoms with Crippen LogP contribution >= 0.6 is 0 Å². The number of pyridine rings is 7. The van der Waals surface area contributed by atoms with Crippen molar-refractivity contribution in [2.75, 3.05) is 0 Å². The van der Waals surface area contributed by atoms with Crippen LogP contribution in [0.25, 0.3) is 83.8 Å². The molecule has 0 N–H and O–H groups in total. The summed E-state index contributed by atoms with van der Waals surface area (Å²) in [5.74, 6) is 1.99. The molecule has 21 heterocycles. The molecule has 21 aromatic rings. The molecule has 21 aromatic heterocycles. The third-order valence-electron chi connectivity index (χ3n) is 20.0. The molecule has 98 heavy (non-hydrogen) atoms. The maximum atomic E-state index is 4.53. The van der Waals surface area contributed by atoms with E-state index in [1.807, 2.05) is 50.5 Å². The van der Waals surface area contributed by atoms with Crippen molar-refractivity contribution in [3.8, 4) is 0 Å². The van der Waals surface area contributed by atoms with Crippen molar-refractivity contribution in [2.45, 2.75) is 90.0 Å². The molecule has 0 aliphatic heterocycles. The molecule has 0 aliphatic rings. The summed E-state index contributed by atoms with van der Waals surface area (Å²) in [5, 5.41) is 0. The van der Waals surface area contributed by atoms with Crippen molar-refractivity contribution in [3.05, 3.63) is 318 Å². The van der Waals surface area contributed by atoms with E-state index < -0.39 is 0 Å². The van der Waals surface area contributed by atoms with E-state index in [1.54, 1.807) is 0 Å². The zero-order valence-electron chi connectivity index (χ0n) is 58.2. The molecule has 0 bridgehead atoms. The Morgan fingerprint density at radius 3 is 1.01 bits per heavy atom. The van der Waals surface area contributed by atoms with Gasteiger partial charge in [-0.2, -0.15) is 0 Å². The Labute approximate surface area is 567 Å².